The number of methoxy groups -OCH3 is 1. The van der Waals surface area contributed by atoms with Gasteiger partial charge < -0.3 is 19.5 Å². The maximum atomic E-state index is 13.4. The van der Waals surface area contributed by atoms with Crippen LogP contribution in [0.25, 0.3) is 0 Å². The second-order valence-electron chi connectivity index (χ2n) is 8.25. The minimum Gasteiger partial charge on any atom is -0.493 e. The van der Waals surface area contributed by atoms with Crippen LogP contribution in [0.15, 0.2) is 12.1 Å². The quantitative estimate of drug-likeness (QED) is 0.684. The fourth-order valence-electron chi connectivity index (χ4n) is 3.98. The number of β-amino-alcohol motifs (C(OH)–C–C–N with tert-alkyl or cyclic N) is 1. The highest BCUT2D eigenvalue weighted by Crippen LogP contribution is 2.37. The summed E-state index contributed by atoms with van der Waals surface area (Å²) in [5, 5.41) is 10.7. The van der Waals surface area contributed by atoms with Gasteiger partial charge >= 0.3 is 0 Å². The molecule has 0 saturated carbocycles. The van der Waals surface area contributed by atoms with E-state index in [0.29, 0.717) is 41.8 Å². The number of carbonyl (C=O) groups is 1. The Kier molecular flexibility index (Phi) is 8.20. The number of hydrogen-bond donors (Lipinski definition) is 1. The monoisotopic (exact) mass is 426 g/mol. The number of benzene rings is 1. The van der Waals surface area contributed by atoms with Crippen molar-refractivity contribution < 1.29 is 19.4 Å². The number of piperazine rings is 1. The van der Waals surface area contributed by atoms with Crippen molar-refractivity contribution in [1.29, 1.82) is 0 Å². The second-order valence-corrected chi connectivity index (χ2v) is 8.65. The van der Waals surface area contributed by atoms with Crippen LogP contribution in [0.4, 0.5) is 0 Å². The normalized spacial score (nSPS) is 20.6. The molecule has 0 bridgehead atoms. The molecule has 2 rings (SSSR count). The molecule has 0 aliphatic carbocycles. The predicted octanol–water partition coefficient (Wildman–Crippen LogP) is 3.83. The summed E-state index contributed by atoms with van der Waals surface area (Å²) < 4.78 is 11.0. The molecule has 0 unspecified atom stereocenters. The lowest BCUT2D eigenvalue weighted by Crippen LogP contribution is -2.61. The van der Waals surface area contributed by atoms with Crippen molar-refractivity contribution in [3.8, 4) is 11.5 Å². The summed E-state index contributed by atoms with van der Waals surface area (Å²) >= 11 is 6.39. The van der Waals surface area contributed by atoms with E-state index >= 15 is 0 Å². The zero-order valence-corrected chi connectivity index (χ0v) is 19.3. The number of hydrogen-bond acceptors (Lipinski definition) is 5. The molecule has 0 aromatic heterocycles. The van der Waals surface area contributed by atoms with Gasteiger partial charge in [-0.3, -0.25) is 9.69 Å². The van der Waals surface area contributed by atoms with Crippen LogP contribution in [0, 0.1) is 0 Å². The molecule has 164 valence electrons. The molecule has 1 fully saturated rings. The van der Waals surface area contributed by atoms with Crippen molar-refractivity contribution in [2.24, 2.45) is 0 Å². The predicted molar refractivity (Wildman–Crippen MR) is 116 cm³/mol. The van der Waals surface area contributed by atoms with Gasteiger partial charge in [0.05, 0.1) is 24.3 Å². The van der Waals surface area contributed by atoms with Crippen LogP contribution in [-0.2, 0) is 0 Å². The lowest BCUT2D eigenvalue weighted by molar-refractivity contribution is -0.0237. The first-order valence-corrected chi connectivity index (χ1v) is 10.8. The minimum atomic E-state index is -0.770. The molecule has 6 nitrogen and oxygen atoms in total. The van der Waals surface area contributed by atoms with Crippen LogP contribution in [-0.4, -0.2) is 71.8 Å². The third kappa shape index (κ3) is 5.77. The van der Waals surface area contributed by atoms with E-state index in [4.69, 9.17) is 21.1 Å². The van der Waals surface area contributed by atoms with Crippen LogP contribution in [0.1, 0.15) is 57.8 Å². The van der Waals surface area contributed by atoms with Gasteiger partial charge in [0, 0.05) is 37.3 Å². The van der Waals surface area contributed by atoms with Gasteiger partial charge in [0.25, 0.3) is 5.91 Å². The van der Waals surface area contributed by atoms with Crippen LogP contribution in [0.2, 0.25) is 5.02 Å². The number of halogens is 1. The Labute approximate surface area is 179 Å². The van der Waals surface area contributed by atoms with Gasteiger partial charge in [0.2, 0.25) is 0 Å². The van der Waals surface area contributed by atoms with E-state index in [0.717, 1.165) is 19.4 Å². The van der Waals surface area contributed by atoms with Gasteiger partial charge in [0.1, 0.15) is 0 Å². The second kappa shape index (κ2) is 10.0. The van der Waals surface area contributed by atoms with E-state index in [2.05, 4.69) is 18.7 Å². The zero-order valence-electron chi connectivity index (χ0n) is 18.5. The maximum Gasteiger partial charge on any atom is 0.254 e. The molecule has 29 heavy (non-hydrogen) atoms. The molecule has 1 aliphatic heterocycles. The zero-order chi connectivity index (χ0) is 21.8. The molecule has 1 N–H and O–H groups in total. The van der Waals surface area contributed by atoms with E-state index < -0.39 is 5.60 Å². The minimum absolute atomic E-state index is 0.0542. The molecule has 1 amide bonds. The standard InChI is InChI=1S/C22H35ClN2O4/c1-7-16-13-25(17(8-2)12-24(16)14-22(4,5)27)21(26)15-10-18(23)20(29-9-3)19(11-15)28-6/h10-11,16-17,27H,7-9,12-14H2,1-6H3/t16-,17-/m1/s1. The SMILES string of the molecule is CCOc1c(Cl)cc(C(=O)N2C[C@@H](CC)N(CC(C)(C)O)C[C@H]2CC)cc1OC. The summed E-state index contributed by atoms with van der Waals surface area (Å²) in [6.45, 7) is 12.1. The highest BCUT2D eigenvalue weighted by molar-refractivity contribution is 6.32. The highest BCUT2D eigenvalue weighted by atomic mass is 35.5. The molecular formula is C22H35ClN2O4. The van der Waals surface area contributed by atoms with Crippen molar-refractivity contribution in [3.63, 3.8) is 0 Å². The summed E-state index contributed by atoms with van der Waals surface area (Å²) in [4.78, 5) is 17.7. The molecular weight excluding hydrogens is 392 g/mol. The molecule has 1 aromatic rings. The van der Waals surface area contributed by atoms with Gasteiger partial charge in [-0.2, -0.15) is 0 Å². The molecule has 0 spiro atoms. The van der Waals surface area contributed by atoms with Crippen LogP contribution < -0.4 is 9.47 Å². The van der Waals surface area contributed by atoms with Crippen molar-refractivity contribution in [3.05, 3.63) is 22.7 Å². The van der Waals surface area contributed by atoms with Gasteiger partial charge in [-0.25, -0.2) is 0 Å². The van der Waals surface area contributed by atoms with Crippen LogP contribution in [0.3, 0.4) is 0 Å². The third-order valence-corrected chi connectivity index (χ3v) is 5.65. The van der Waals surface area contributed by atoms with Gasteiger partial charge in [-0.05, 0) is 45.7 Å². The molecule has 1 saturated heterocycles. The summed E-state index contributed by atoms with van der Waals surface area (Å²) in [5.41, 5.74) is -0.270. The lowest BCUT2D eigenvalue weighted by atomic mass is 9.98. The Morgan fingerprint density at radius 2 is 1.86 bits per heavy atom. The molecule has 0 radical (unpaired) electrons. The summed E-state index contributed by atoms with van der Waals surface area (Å²) in [7, 11) is 1.54. The Balaban J connectivity index is 2.31. The van der Waals surface area contributed by atoms with E-state index in [-0.39, 0.29) is 18.0 Å². The smallest absolute Gasteiger partial charge is 0.254 e. The maximum absolute atomic E-state index is 13.4. The molecule has 1 heterocycles. The molecule has 2 atom stereocenters. The van der Waals surface area contributed by atoms with Crippen LogP contribution >= 0.6 is 11.6 Å². The number of rotatable bonds is 8. The van der Waals surface area contributed by atoms with E-state index in [1.165, 1.54) is 0 Å². The Morgan fingerprint density at radius 3 is 2.38 bits per heavy atom. The fourth-order valence-corrected chi connectivity index (χ4v) is 4.24. The Bertz CT molecular complexity index is 705. The van der Waals surface area contributed by atoms with Crippen molar-refractivity contribution in [1.82, 2.24) is 9.80 Å². The average molecular weight is 427 g/mol. The van der Waals surface area contributed by atoms with Gasteiger partial charge in [-0.15, -0.1) is 0 Å². The molecule has 1 aliphatic rings. The number of aliphatic hydroxyl groups is 1. The first kappa shape index (κ1) is 23.8. The summed E-state index contributed by atoms with van der Waals surface area (Å²) in [6.07, 6.45) is 1.75. The summed E-state index contributed by atoms with van der Waals surface area (Å²) in [6, 6.07) is 3.64. The van der Waals surface area contributed by atoms with Crippen molar-refractivity contribution >= 4 is 17.5 Å². The third-order valence-electron chi connectivity index (χ3n) is 5.37. The van der Waals surface area contributed by atoms with Gasteiger partial charge in [0.15, 0.2) is 11.5 Å². The number of amides is 1. The number of carbonyl (C=O) groups excluding carboxylic acids is 1. The first-order valence-electron chi connectivity index (χ1n) is 10.4. The van der Waals surface area contributed by atoms with E-state index in [9.17, 15) is 9.90 Å². The van der Waals surface area contributed by atoms with E-state index in [1.807, 2.05) is 25.7 Å². The largest absolute Gasteiger partial charge is 0.493 e. The summed E-state index contributed by atoms with van der Waals surface area (Å²) in [5.74, 6) is 0.867. The Morgan fingerprint density at radius 1 is 1.21 bits per heavy atom. The van der Waals surface area contributed by atoms with E-state index in [1.54, 1.807) is 19.2 Å². The van der Waals surface area contributed by atoms with Gasteiger partial charge in [-0.1, -0.05) is 25.4 Å². The Hall–Kier alpha value is -1.50. The average Bonchev–Trinajstić information content (AvgIpc) is 2.67. The molecule has 1 aromatic carbocycles. The van der Waals surface area contributed by atoms with Crippen molar-refractivity contribution in [2.45, 2.75) is 65.1 Å². The fraction of sp³-hybridized carbons (Fsp3) is 0.682. The number of ether oxygens (including phenoxy) is 2. The highest BCUT2D eigenvalue weighted by Gasteiger charge is 2.37. The topological polar surface area (TPSA) is 62.2 Å². The lowest BCUT2D eigenvalue weighted by Gasteiger charge is -2.47. The van der Waals surface area contributed by atoms with Crippen molar-refractivity contribution in [2.75, 3.05) is 33.4 Å². The number of nitrogens with zero attached hydrogens (tertiary/aromatic N) is 2. The molecule has 7 heteroatoms. The van der Waals surface area contributed by atoms with Crippen LogP contribution in [0.5, 0.6) is 11.5 Å². The first-order chi connectivity index (χ1) is 13.6.